The quantitative estimate of drug-likeness (QED) is 0.816. The second-order valence-electron chi connectivity index (χ2n) is 3.66. The van der Waals surface area contributed by atoms with Crippen LogP contribution in [0, 0.1) is 11.3 Å². The predicted molar refractivity (Wildman–Crippen MR) is 69.5 cm³/mol. The van der Waals surface area contributed by atoms with Crippen LogP contribution in [0.4, 0.5) is 0 Å². The summed E-state index contributed by atoms with van der Waals surface area (Å²) >= 11 is 0. The highest BCUT2D eigenvalue weighted by atomic mass is 32.2. The van der Waals surface area contributed by atoms with E-state index in [1.165, 1.54) is 6.07 Å². The van der Waals surface area contributed by atoms with Gasteiger partial charge in [0, 0.05) is 13.1 Å². The molecule has 1 aromatic carbocycles. The Bertz CT molecular complexity index is 630. The number of benzene rings is 1. The van der Waals surface area contributed by atoms with Gasteiger partial charge in [0.2, 0.25) is 5.91 Å². The average Bonchev–Trinajstić information content (AvgIpc) is 2.37. The minimum absolute atomic E-state index is 0.141. The van der Waals surface area contributed by atoms with Gasteiger partial charge in [-0.05, 0) is 5.56 Å². The molecule has 0 saturated carbocycles. The fourth-order valence-corrected chi connectivity index (χ4v) is 2.60. The number of hydrogen-bond donors (Lipinski definition) is 1. The molecule has 1 aromatic rings. The van der Waals surface area contributed by atoms with Crippen LogP contribution in [0.2, 0.25) is 0 Å². The molecule has 0 fully saturated rings. The highest BCUT2D eigenvalue weighted by Crippen LogP contribution is 2.16. The van der Waals surface area contributed by atoms with Gasteiger partial charge in [-0.25, -0.2) is 12.7 Å². The summed E-state index contributed by atoms with van der Waals surface area (Å²) in [6, 6.07) is 10.1. The Morgan fingerprint density at radius 1 is 1.42 bits per heavy atom. The standard InChI is InChI=1S/C12H13N3O3S/c1-10(16)15(9-11-5-3-2-4-6-11)19(17,18)12(7-13)8-14/h2-7H,9,13H2,1H3/b12-7+. The molecule has 0 radical (unpaired) electrons. The molecule has 0 spiro atoms. The summed E-state index contributed by atoms with van der Waals surface area (Å²) in [5.74, 6) is -0.682. The molecule has 0 aliphatic carbocycles. The van der Waals surface area contributed by atoms with Crippen molar-refractivity contribution in [1.29, 1.82) is 5.26 Å². The van der Waals surface area contributed by atoms with Crippen molar-refractivity contribution < 1.29 is 13.2 Å². The zero-order chi connectivity index (χ0) is 14.5. The molecule has 100 valence electrons. The van der Waals surface area contributed by atoms with Gasteiger partial charge in [0.05, 0.1) is 6.54 Å². The minimum Gasteiger partial charge on any atom is -0.403 e. The van der Waals surface area contributed by atoms with Crippen molar-refractivity contribution in [3.8, 4) is 6.07 Å². The zero-order valence-corrected chi connectivity index (χ0v) is 11.1. The van der Waals surface area contributed by atoms with Crippen molar-refractivity contribution in [3.05, 3.63) is 47.0 Å². The van der Waals surface area contributed by atoms with Crippen LogP contribution < -0.4 is 5.73 Å². The molecule has 0 aliphatic heterocycles. The first-order chi connectivity index (χ1) is 8.93. The molecule has 0 bridgehead atoms. The summed E-state index contributed by atoms with van der Waals surface area (Å²) in [7, 11) is -4.20. The Kier molecular flexibility index (Phi) is 4.67. The fourth-order valence-electron chi connectivity index (χ4n) is 1.41. The summed E-state index contributed by atoms with van der Waals surface area (Å²) in [6.45, 7) is 0.976. The summed E-state index contributed by atoms with van der Waals surface area (Å²) in [4.78, 5) is 10.8. The van der Waals surface area contributed by atoms with E-state index in [-0.39, 0.29) is 6.54 Å². The van der Waals surface area contributed by atoms with E-state index in [2.05, 4.69) is 0 Å². The number of sulfonamides is 1. The van der Waals surface area contributed by atoms with E-state index < -0.39 is 20.8 Å². The van der Waals surface area contributed by atoms with Crippen molar-refractivity contribution in [2.45, 2.75) is 13.5 Å². The van der Waals surface area contributed by atoms with E-state index in [4.69, 9.17) is 11.0 Å². The molecular formula is C12H13N3O3S. The Balaban J connectivity index is 3.17. The van der Waals surface area contributed by atoms with E-state index in [1.807, 2.05) is 0 Å². The van der Waals surface area contributed by atoms with Gasteiger partial charge in [-0.1, -0.05) is 30.3 Å². The number of rotatable bonds is 4. The lowest BCUT2D eigenvalue weighted by atomic mass is 10.2. The highest BCUT2D eigenvalue weighted by molar-refractivity contribution is 7.93. The molecule has 0 heterocycles. The zero-order valence-electron chi connectivity index (χ0n) is 10.3. The van der Waals surface area contributed by atoms with Crippen LogP contribution in [0.5, 0.6) is 0 Å². The van der Waals surface area contributed by atoms with Gasteiger partial charge in [0.15, 0.2) is 4.91 Å². The van der Waals surface area contributed by atoms with E-state index in [0.29, 0.717) is 16.1 Å². The largest absolute Gasteiger partial charge is 0.403 e. The SMILES string of the molecule is CC(=O)N(Cc1ccccc1)S(=O)(=O)/C(C#N)=C/N. The molecule has 7 heteroatoms. The lowest BCUT2D eigenvalue weighted by molar-refractivity contribution is -0.124. The third-order valence-electron chi connectivity index (χ3n) is 2.35. The third kappa shape index (κ3) is 3.33. The molecule has 6 nitrogen and oxygen atoms in total. The Labute approximate surface area is 111 Å². The summed E-state index contributed by atoms with van der Waals surface area (Å²) in [5, 5.41) is 8.74. The van der Waals surface area contributed by atoms with E-state index in [9.17, 15) is 13.2 Å². The molecule has 1 rings (SSSR count). The molecule has 0 aliphatic rings. The first kappa shape index (κ1) is 14.7. The van der Waals surface area contributed by atoms with E-state index in [1.54, 1.807) is 30.3 Å². The number of amides is 1. The fraction of sp³-hybridized carbons (Fsp3) is 0.167. The van der Waals surface area contributed by atoms with Crippen molar-refractivity contribution in [2.24, 2.45) is 5.73 Å². The van der Waals surface area contributed by atoms with Gasteiger partial charge in [0.25, 0.3) is 10.0 Å². The maximum atomic E-state index is 12.1. The van der Waals surface area contributed by atoms with Crippen molar-refractivity contribution in [1.82, 2.24) is 4.31 Å². The number of allylic oxidation sites excluding steroid dienone is 1. The highest BCUT2D eigenvalue weighted by Gasteiger charge is 2.29. The lowest BCUT2D eigenvalue weighted by Gasteiger charge is -2.20. The molecule has 19 heavy (non-hydrogen) atoms. The number of hydrogen-bond acceptors (Lipinski definition) is 5. The summed E-state index contributed by atoms with van der Waals surface area (Å²) < 4.78 is 24.8. The van der Waals surface area contributed by atoms with E-state index >= 15 is 0 Å². The third-order valence-corrected chi connectivity index (χ3v) is 4.10. The van der Waals surface area contributed by atoms with Crippen LogP contribution in [0.25, 0.3) is 0 Å². The normalized spacial score (nSPS) is 11.7. The summed E-state index contributed by atoms with van der Waals surface area (Å²) in [5.41, 5.74) is 5.73. The van der Waals surface area contributed by atoms with Crippen molar-refractivity contribution >= 4 is 15.9 Å². The molecule has 0 unspecified atom stereocenters. The van der Waals surface area contributed by atoms with Crippen LogP contribution in [-0.2, 0) is 21.4 Å². The first-order valence-electron chi connectivity index (χ1n) is 5.32. The maximum absolute atomic E-state index is 12.1. The van der Waals surface area contributed by atoms with Gasteiger partial charge < -0.3 is 5.73 Å². The van der Waals surface area contributed by atoms with Gasteiger partial charge in [-0.15, -0.1) is 0 Å². The first-order valence-corrected chi connectivity index (χ1v) is 6.76. The van der Waals surface area contributed by atoms with Crippen LogP contribution in [0.3, 0.4) is 0 Å². The number of carbonyl (C=O) groups is 1. The monoisotopic (exact) mass is 279 g/mol. The molecule has 0 saturated heterocycles. The van der Waals surface area contributed by atoms with Gasteiger partial charge >= 0.3 is 0 Å². The van der Waals surface area contributed by atoms with Crippen LogP contribution in [0.15, 0.2) is 41.4 Å². The van der Waals surface area contributed by atoms with E-state index in [0.717, 1.165) is 6.92 Å². The number of carbonyl (C=O) groups excluding carboxylic acids is 1. The minimum atomic E-state index is -4.20. The number of nitrogens with two attached hydrogens (primary N) is 1. The number of nitrogens with zero attached hydrogens (tertiary/aromatic N) is 2. The average molecular weight is 279 g/mol. The smallest absolute Gasteiger partial charge is 0.278 e. The van der Waals surface area contributed by atoms with Gasteiger partial charge in [0.1, 0.15) is 6.07 Å². The lowest BCUT2D eigenvalue weighted by Crippen LogP contribution is -2.35. The van der Waals surface area contributed by atoms with Gasteiger partial charge in [-0.3, -0.25) is 4.79 Å². The maximum Gasteiger partial charge on any atom is 0.278 e. The van der Waals surface area contributed by atoms with Crippen molar-refractivity contribution in [3.63, 3.8) is 0 Å². The Morgan fingerprint density at radius 3 is 2.42 bits per heavy atom. The van der Waals surface area contributed by atoms with Crippen molar-refractivity contribution in [2.75, 3.05) is 0 Å². The Hall–Kier alpha value is -2.33. The molecule has 0 atom stereocenters. The molecule has 2 N–H and O–H groups in total. The van der Waals surface area contributed by atoms with Gasteiger partial charge in [-0.2, -0.15) is 5.26 Å². The number of nitriles is 1. The van der Waals surface area contributed by atoms with Crippen LogP contribution in [0.1, 0.15) is 12.5 Å². The second-order valence-corrected chi connectivity index (χ2v) is 5.49. The molecule has 0 aromatic heterocycles. The van der Waals surface area contributed by atoms with Crippen LogP contribution in [-0.4, -0.2) is 18.6 Å². The Morgan fingerprint density at radius 2 is 2.00 bits per heavy atom. The molecule has 1 amide bonds. The summed E-state index contributed by atoms with van der Waals surface area (Å²) in [6.07, 6.45) is 0.677. The second kappa shape index (κ2) is 6.02. The topological polar surface area (TPSA) is 104 Å². The molecular weight excluding hydrogens is 266 g/mol. The van der Waals surface area contributed by atoms with Crippen LogP contribution >= 0.6 is 0 Å². The predicted octanol–water partition coefficient (Wildman–Crippen LogP) is 0.689.